The zero-order valence-electron chi connectivity index (χ0n) is 9.72. The Morgan fingerprint density at radius 1 is 1.18 bits per heavy atom. The Hall–Kier alpha value is -0.440. The summed E-state index contributed by atoms with van der Waals surface area (Å²) < 4.78 is 5.80. The second kappa shape index (κ2) is 5.47. The van der Waals surface area contributed by atoms with E-state index in [0.29, 0.717) is 23.2 Å². The van der Waals surface area contributed by atoms with Crippen molar-refractivity contribution < 1.29 is 4.74 Å². The molecule has 17 heavy (non-hydrogen) atoms. The summed E-state index contributed by atoms with van der Waals surface area (Å²) in [5.74, 6) is 0.763. The molecule has 94 valence electrons. The molecule has 0 aliphatic heterocycles. The van der Waals surface area contributed by atoms with E-state index in [1.165, 1.54) is 12.8 Å². The molecule has 1 aromatic rings. The molecular formula is C13H17Cl2NO. The number of rotatable bonds is 4. The van der Waals surface area contributed by atoms with Gasteiger partial charge in [0.15, 0.2) is 0 Å². The summed E-state index contributed by atoms with van der Waals surface area (Å²) in [5.41, 5.74) is 6.02. The zero-order chi connectivity index (χ0) is 12.3. The van der Waals surface area contributed by atoms with Crippen molar-refractivity contribution in [3.05, 3.63) is 28.2 Å². The van der Waals surface area contributed by atoms with Crippen LogP contribution in [0.5, 0.6) is 5.75 Å². The molecule has 0 spiro atoms. The lowest BCUT2D eigenvalue weighted by molar-refractivity contribution is 0.157. The van der Waals surface area contributed by atoms with E-state index in [4.69, 9.17) is 33.7 Å². The topological polar surface area (TPSA) is 35.2 Å². The molecule has 1 aliphatic carbocycles. The molecular weight excluding hydrogens is 257 g/mol. The smallest absolute Gasteiger partial charge is 0.120 e. The predicted molar refractivity (Wildman–Crippen MR) is 71.9 cm³/mol. The molecule has 2 rings (SSSR count). The van der Waals surface area contributed by atoms with Crippen molar-refractivity contribution in [1.82, 2.24) is 0 Å². The molecule has 0 unspecified atom stereocenters. The molecule has 0 heterocycles. The highest BCUT2D eigenvalue weighted by Gasteiger charge is 2.33. The fourth-order valence-corrected chi connectivity index (χ4v) is 2.62. The summed E-state index contributed by atoms with van der Waals surface area (Å²) in [4.78, 5) is 0. The van der Waals surface area contributed by atoms with Crippen LogP contribution < -0.4 is 10.5 Å². The fourth-order valence-electron chi connectivity index (χ4n) is 2.34. The first-order valence-electron chi connectivity index (χ1n) is 5.93. The first-order valence-corrected chi connectivity index (χ1v) is 6.69. The first-order chi connectivity index (χ1) is 8.15. The maximum absolute atomic E-state index is 5.94. The summed E-state index contributed by atoms with van der Waals surface area (Å²) in [5, 5.41) is 1.07. The fraction of sp³-hybridized carbons (Fsp3) is 0.538. The van der Waals surface area contributed by atoms with E-state index in [0.717, 1.165) is 18.6 Å². The number of hydrogen-bond donors (Lipinski definition) is 1. The molecule has 1 aromatic carbocycles. The maximum atomic E-state index is 5.94. The summed E-state index contributed by atoms with van der Waals surface area (Å²) in [6, 6.07) is 5.35. The Balaban J connectivity index is 1.99. The van der Waals surface area contributed by atoms with Crippen LogP contribution in [0.25, 0.3) is 0 Å². The third-order valence-electron chi connectivity index (χ3n) is 3.53. The van der Waals surface area contributed by atoms with E-state index in [9.17, 15) is 0 Å². The number of nitrogens with two attached hydrogens (primary N) is 1. The van der Waals surface area contributed by atoms with Crippen LogP contribution in [-0.2, 0) is 0 Å². The third-order valence-corrected chi connectivity index (χ3v) is 4.27. The molecule has 0 bridgehead atoms. The Morgan fingerprint density at radius 3 is 2.47 bits per heavy atom. The minimum atomic E-state index is 0.159. The Bertz CT molecular complexity index is 389. The molecule has 1 aliphatic rings. The van der Waals surface area contributed by atoms with Crippen molar-refractivity contribution in [1.29, 1.82) is 0 Å². The summed E-state index contributed by atoms with van der Waals surface area (Å²) in [7, 11) is 0. The molecule has 0 atom stereocenters. The van der Waals surface area contributed by atoms with Crippen LogP contribution in [0.4, 0.5) is 0 Å². The van der Waals surface area contributed by atoms with Gasteiger partial charge >= 0.3 is 0 Å². The van der Waals surface area contributed by atoms with Crippen LogP contribution >= 0.6 is 23.2 Å². The molecule has 1 fully saturated rings. The molecule has 2 nitrogen and oxygen atoms in total. The van der Waals surface area contributed by atoms with Crippen LogP contribution in [0.1, 0.15) is 25.7 Å². The first kappa shape index (κ1) is 13.0. The van der Waals surface area contributed by atoms with E-state index in [2.05, 4.69) is 0 Å². The maximum Gasteiger partial charge on any atom is 0.120 e. The lowest BCUT2D eigenvalue weighted by Crippen LogP contribution is -2.33. The van der Waals surface area contributed by atoms with Crippen LogP contribution in [0.3, 0.4) is 0 Å². The lowest BCUT2D eigenvalue weighted by Gasteiger charge is -2.27. The summed E-state index contributed by atoms with van der Waals surface area (Å²) >= 11 is 11.8. The van der Waals surface area contributed by atoms with Gasteiger partial charge in [-0.3, -0.25) is 0 Å². The lowest BCUT2D eigenvalue weighted by atomic mass is 9.87. The zero-order valence-corrected chi connectivity index (χ0v) is 11.2. The molecule has 2 N–H and O–H groups in total. The van der Waals surface area contributed by atoms with Crippen molar-refractivity contribution in [3.8, 4) is 5.75 Å². The number of halogens is 2. The SMILES string of the molecule is NCC1(COc2ccc(Cl)c(Cl)c2)CCCC1. The van der Waals surface area contributed by atoms with Crippen molar-refractivity contribution >= 4 is 23.2 Å². The Kier molecular flexibility index (Phi) is 4.18. The van der Waals surface area contributed by atoms with E-state index >= 15 is 0 Å². The van der Waals surface area contributed by atoms with Gasteiger partial charge in [-0.1, -0.05) is 36.0 Å². The Labute approximate surface area is 112 Å². The van der Waals surface area contributed by atoms with E-state index < -0.39 is 0 Å². The van der Waals surface area contributed by atoms with Crippen molar-refractivity contribution in [2.45, 2.75) is 25.7 Å². The van der Waals surface area contributed by atoms with E-state index in [1.54, 1.807) is 12.1 Å². The second-order valence-electron chi connectivity index (χ2n) is 4.78. The van der Waals surface area contributed by atoms with Crippen molar-refractivity contribution in [2.24, 2.45) is 11.1 Å². The van der Waals surface area contributed by atoms with Gasteiger partial charge in [0.05, 0.1) is 16.7 Å². The molecule has 1 saturated carbocycles. The second-order valence-corrected chi connectivity index (χ2v) is 5.59. The summed E-state index contributed by atoms with van der Waals surface area (Å²) in [6.45, 7) is 1.36. The van der Waals surface area contributed by atoms with Crippen LogP contribution in [-0.4, -0.2) is 13.2 Å². The van der Waals surface area contributed by atoms with Crippen molar-refractivity contribution in [3.63, 3.8) is 0 Å². The van der Waals surface area contributed by atoms with Crippen LogP contribution in [0.15, 0.2) is 18.2 Å². The molecule has 4 heteroatoms. The van der Waals surface area contributed by atoms with Gasteiger partial charge in [0, 0.05) is 18.0 Å². The van der Waals surface area contributed by atoms with Gasteiger partial charge < -0.3 is 10.5 Å². The standard InChI is InChI=1S/C13H17Cl2NO/c14-11-4-3-10(7-12(11)15)17-9-13(8-16)5-1-2-6-13/h3-4,7H,1-2,5-6,8-9,16H2. The molecule has 0 amide bonds. The normalized spacial score (nSPS) is 18.3. The molecule has 0 saturated heterocycles. The van der Waals surface area contributed by atoms with Gasteiger partial charge in [0.2, 0.25) is 0 Å². The monoisotopic (exact) mass is 273 g/mol. The average molecular weight is 274 g/mol. The highest BCUT2D eigenvalue weighted by atomic mass is 35.5. The average Bonchev–Trinajstić information content (AvgIpc) is 2.80. The molecule has 0 radical (unpaired) electrons. The van der Waals surface area contributed by atoms with Gasteiger partial charge in [-0.25, -0.2) is 0 Å². The van der Waals surface area contributed by atoms with Gasteiger partial charge in [-0.05, 0) is 25.0 Å². The van der Waals surface area contributed by atoms with Crippen LogP contribution in [0.2, 0.25) is 10.0 Å². The quantitative estimate of drug-likeness (QED) is 0.904. The van der Waals surface area contributed by atoms with E-state index in [-0.39, 0.29) is 5.41 Å². The van der Waals surface area contributed by atoms with Crippen molar-refractivity contribution in [2.75, 3.05) is 13.2 Å². The van der Waals surface area contributed by atoms with Gasteiger partial charge in [-0.15, -0.1) is 0 Å². The highest BCUT2D eigenvalue weighted by Crippen LogP contribution is 2.38. The molecule has 0 aromatic heterocycles. The number of benzene rings is 1. The summed E-state index contributed by atoms with van der Waals surface area (Å²) in [6.07, 6.45) is 4.82. The highest BCUT2D eigenvalue weighted by molar-refractivity contribution is 6.42. The predicted octanol–water partition coefficient (Wildman–Crippen LogP) is 3.89. The van der Waals surface area contributed by atoms with Gasteiger partial charge in [-0.2, -0.15) is 0 Å². The third kappa shape index (κ3) is 3.06. The minimum absolute atomic E-state index is 0.159. The van der Waals surface area contributed by atoms with E-state index in [1.807, 2.05) is 6.07 Å². The number of ether oxygens (including phenoxy) is 1. The minimum Gasteiger partial charge on any atom is -0.493 e. The van der Waals surface area contributed by atoms with Gasteiger partial charge in [0.1, 0.15) is 5.75 Å². The largest absolute Gasteiger partial charge is 0.493 e. The number of hydrogen-bond acceptors (Lipinski definition) is 2. The Morgan fingerprint density at radius 2 is 1.88 bits per heavy atom. The van der Waals surface area contributed by atoms with Crippen LogP contribution in [0, 0.1) is 5.41 Å². The van der Waals surface area contributed by atoms with Gasteiger partial charge in [0.25, 0.3) is 0 Å².